The predicted octanol–water partition coefficient (Wildman–Crippen LogP) is 2.83. The van der Waals surface area contributed by atoms with Crippen LogP contribution < -0.4 is 10.0 Å². The minimum absolute atomic E-state index is 0.0638. The number of hydrogen-bond acceptors (Lipinski definition) is 3. The molecule has 1 aromatic rings. The molecule has 0 amide bonds. The maximum absolute atomic E-state index is 12.4. The molecular formula is C15H24N2O2S. The molecule has 112 valence electrons. The van der Waals surface area contributed by atoms with Gasteiger partial charge in [-0.25, -0.2) is 13.1 Å². The molecule has 3 unspecified atom stereocenters. The predicted molar refractivity (Wildman–Crippen MR) is 82.3 cm³/mol. The van der Waals surface area contributed by atoms with Crippen molar-refractivity contribution in [3.05, 3.63) is 24.3 Å². The fourth-order valence-electron chi connectivity index (χ4n) is 3.06. The monoisotopic (exact) mass is 296 g/mol. The molecule has 20 heavy (non-hydrogen) atoms. The van der Waals surface area contributed by atoms with Gasteiger partial charge < -0.3 is 5.32 Å². The highest BCUT2D eigenvalue weighted by Crippen LogP contribution is 2.34. The van der Waals surface area contributed by atoms with Crippen molar-refractivity contribution in [1.82, 2.24) is 4.72 Å². The Morgan fingerprint density at radius 3 is 2.35 bits per heavy atom. The van der Waals surface area contributed by atoms with E-state index in [1.165, 1.54) is 0 Å². The third-order valence-corrected chi connectivity index (χ3v) is 6.02. The van der Waals surface area contributed by atoms with E-state index >= 15 is 0 Å². The van der Waals surface area contributed by atoms with Crippen molar-refractivity contribution in [2.75, 3.05) is 12.4 Å². The van der Waals surface area contributed by atoms with E-state index in [0.717, 1.165) is 24.9 Å². The minimum Gasteiger partial charge on any atom is -0.388 e. The summed E-state index contributed by atoms with van der Waals surface area (Å²) in [6, 6.07) is 6.91. The van der Waals surface area contributed by atoms with Crippen molar-refractivity contribution in [2.24, 2.45) is 11.8 Å². The number of benzene rings is 1. The lowest BCUT2D eigenvalue weighted by Crippen LogP contribution is -2.37. The van der Waals surface area contributed by atoms with E-state index in [0.29, 0.717) is 16.7 Å². The lowest BCUT2D eigenvalue weighted by Gasteiger charge is -2.21. The highest BCUT2D eigenvalue weighted by atomic mass is 32.2. The number of anilines is 1. The molecule has 0 aliphatic heterocycles. The molecule has 2 rings (SSSR count). The van der Waals surface area contributed by atoms with E-state index < -0.39 is 10.0 Å². The molecule has 2 N–H and O–H groups in total. The van der Waals surface area contributed by atoms with Crippen LogP contribution in [0.2, 0.25) is 0 Å². The van der Waals surface area contributed by atoms with E-state index in [1.54, 1.807) is 24.3 Å². The maximum Gasteiger partial charge on any atom is 0.240 e. The summed E-state index contributed by atoms with van der Waals surface area (Å²) in [7, 11) is -1.60. The van der Waals surface area contributed by atoms with Crippen LogP contribution in [0.4, 0.5) is 5.69 Å². The van der Waals surface area contributed by atoms with Gasteiger partial charge in [0.1, 0.15) is 0 Å². The molecule has 1 fully saturated rings. The van der Waals surface area contributed by atoms with Gasteiger partial charge in [0.25, 0.3) is 0 Å². The normalized spacial score (nSPS) is 26.6. The summed E-state index contributed by atoms with van der Waals surface area (Å²) >= 11 is 0. The second kappa shape index (κ2) is 6.14. The molecule has 3 atom stereocenters. The Hall–Kier alpha value is -1.07. The SMILES string of the molecule is CCC1CCC(NS(=O)(=O)c2ccc(NC)cc2)C1C. The summed E-state index contributed by atoms with van der Waals surface area (Å²) in [6.07, 6.45) is 3.17. The topological polar surface area (TPSA) is 58.2 Å². The van der Waals surface area contributed by atoms with Gasteiger partial charge in [-0.2, -0.15) is 0 Å². The Morgan fingerprint density at radius 1 is 1.20 bits per heavy atom. The quantitative estimate of drug-likeness (QED) is 0.878. The summed E-state index contributed by atoms with van der Waals surface area (Å²) in [4.78, 5) is 0.337. The van der Waals surface area contributed by atoms with Crippen LogP contribution in [0.3, 0.4) is 0 Å². The molecular weight excluding hydrogens is 272 g/mol. The van der Waals surface area contributed by atoms with Gasteiger partial charge in [0.2, 0.25) is 10.0 Å². The Balaban J connectivity index is 2.11. The highest BCUT2D eigenvalue weighted by molar-refractivity contribution is 7.89. The first-order valence-electron chi connectivity index (χ1n) is 7.28. The molecule has 0 aromatic heterocycles. The maximum atomic E-state index is 12.4. The first-order chi connectivity index (χ1) is 9.47. The molecule has 1 saturated carbocycles. The Labute approximate surface area is 122 Å². The Kier molecular flexibility index (Phi) is 4.70. The Morgan fingerprint density at radius 2 is 1.85 bits per heavy atom. The summed E-state index contributed by atoms with van der Waals surface area (Å²) in [5.41, 5.74) is 0.907. The molecule has 1 aliphatic rings. The molecule has 1 aliphatic carbocycles. The van der Waals surface area contributed by atoms with Gasteiger partial charge in [-0.05, 0) is 48.9 Å². The van der Waals surface area contributed by atoms with Crippen LogP contribution in [-0.4, -0.2) is 21.5 Å². The zero-order valence-electron chi connectivity index (χ0n) is 12.4. The zero-order chi connectivity index (χ0) is 14.8. The summed E-state index contributed by atoms with van der Waals surface area (Å²) in [5, 5.41) is 2.98. The van der Waals surface area contributed by atoms with Gasteiger partial charge in [-0.1, -0.05) is 20.3 Å². The van der Waals surface area contributed by atoms with Crippen LogP contribution in [0, 0.1) is 11.8 Å². The van der Waals surface area contributed by atoms with Crippen molar-refractivity contribution >= 4 is 15.7 Å². The van der Waals surface area contributed by atoms with Crippen molar-refractivity contribution in [2.45, 2.75) is 44.0 Å². The number of nitrogens with one attached hydrogen (secondary N) is 2. The molecule has 0 bridgehead atoms. The van der Waals surface area contributed by atoms with E-state index in [1.807, 2.05) is 7.05 Å². The Bertz CT molecular complexity index is 539. The lowest BCUT2D eigenvalue weighted by atomic mass is 9.94. The van der Waals surface area contributed by atoms with Crippen LogP contribution in [0.1, 0.15) is 33.1 Å². The lowest BCUT2D eigenvalue weighted by molar-refractivity contribution is 0.368. The van der Waals surface area contributed by atoms with Gasteiger partial charge in [-0.3, -0.25) is 0 Å². The summed E-state index contributed by atoms with van der Waals surface area (Å²) in [5.74, 6) is 1.04. The second-order valence-corrected chi connectivity index (χ2v) is 7.32. The van der Waals surface area contributed by atoms with E-state index in [2.05, 4.69) is 23.9 Å². The molecule has 0 saturated heterocycles. The second-order valence-electron chi connectivity index (χ2n) is 5.61. The fourth-order valence-corrected chi connectivity index (χ4v) is 4.42. The molecule has 0 heterocycles. The summed E-state index contributed by atoms with van der Waals surface area (Å²) in [6.45, 7) is 4.33. The minimum atomic E-state index is -3.41. The zero-order valence-corrected chi connectivity index (χ0v) is 13.2. The van der Waals surface area contributed by atoms with Crippen LogP contribution >= 0.6 is 0 Å². The van der Waals surface area contributed by atoms with Crippen LogP contribution in [0.15, 0.2) is 29.2 Å². The summed E-state index contributed by atoms with van der Waals surface area (Å²) < 4.78 is 27.7. The van der Waals surface area contributed by atoms with E-state index in [9.17, 15) is 8.42 Å². The van der Waals surface area contributed by atoms with Crippen LogP contribution in [0.5, 0.6) is 0 Å². The molecule has 4 nitrogen and oxygen atoms in total. The number of hydrogen-bond donors (Lipinski definition) is 2. The first-order valence-corrected chi connectivity index (χ1v) is 8.76. The molecule has 1 aromatic carbocycles. The highest BCUT2D eigenvalue weighted by Gasteiger charge is 2.34. The fraction of sp³-hybridized carbons (Fsp3) is 0.600. The molecule has 0 radical (unpaired) electrons. The average molecular weight is 296 g/mol. The standard InChI is InChI=1S/C15H24N2O2S/c1-4-12-5-10-15(11(12)2)17-20(18,19)14-8-6-13(16-3)7-9-14/h6-9,11-12,15-17H,4-5,10H2,1-3H3. The largest absolute Gasteiger partial charge is 0.388 e. The van der Waals surface area contributed by atoms with Crippen molar-refractivity contribution in [3.63, 3.8) is 0 Å². The van der Waals surface area contributed by atoms with Gasteiger partial charge in [0.15, 0.2) is 0 Å². The van der Waals surface area contributed by atoms with Gasteiger partial charge in [0, 0.05) is 18.8 Å². The third-order valence-electron chi connectivity index (χ3n) is 4.51. The van der Waals surface area contributed by atoms with Crippen molar-refractivity contribution < 1.29 is 8.42 Å². The molecule has 0 spiro atoms. The van der Waals surface area contributed by atoms with Gasteiger partial charge in [-0.15, -0.1) is 0 Å². The number of rotatable bonds is 5. The van der Waals surface area contributed by atoms with Crippen LogP contribution in [0.25, 0.3) is 0 Å². The van der Waals surface area contributed by atoms with Gasteiger partial charge in [0.05, 0.1) is 4.90 Å². The third kappa shape index (κ3) is 3.15. The molecule has 5 heteroatoms. The van der Waals surface area contributed by atoms with Crippen LogP contribution in [-0.2, 0) is 10.0 Å². The van der Waals surface area contributed by atoms with E-state index in [4.69, 9.17) is 0 Å². The van der Waals surface area contributed by atoms with E-state index in [-0.39, 0.29) is 6.04 Å². The van der Waals surface area contributed by atoms with Gasteiger partial charge >= 0.3 is 0 Å². The van der Waals surface area contributed by atoms with Crippen molar-refractivity contribution in [3.8, 4) is 0 Å². The average Bonchev–Trinajstić information content (AvgIpc) is 2.79. The number of sulfonamides is 1. The first kappa shape index (κ1) is 15.3. The smallest absolute Gasteiger partial charge is 0.240 e. The van der Waals surface area contributed by atoms with Crippen molar-refractivity contribution in [1.29, 1.82) is 0 Å².